The fourth-order valence-corrected chi connectivity index (χ4v) is 2.45. The molecule has 8 heteroatoms. The quantitative estimate of drug-likeness (QED) is 0.906. The number of pyridine rings is 1. The third-order valence-corrected chi connectivity index (χ3v) is 3.82. The van der Waals surface area contributed by atoms with E-state index < -0.39 is 27.7 Å². The van der Waals surface area contributed by atoms with E-state index in [0.717, 1.165) is 12.1 Å². The molecule has 3 N–H and O–H groups in total. The van der Waals surface area contributed by atoms with Gasteiger partial charge in [0.05, 0.1) is 6.04 Å². The summed E-state index contributed by atoms with van der Waals surface area (Å²) in [5, 5.41) is 7.92. The Morgan fingerprint density at radius 2 is 1.95 bits per heavy atom. The van der Waals surface area contributed by atoms with E-state index in [0.29, 0.717) is 5.56 Å². The lowest BCUT2D eigenvalue weighted by Crippen LogP contribution is -2.17. The molecule has 0 aliphatic heterocycles. The van der Waals surface area contributed by atoms with Crippen LogP contribution in [0, 0.1) is 11.6 Å². The lowest BCUT2D eigenvalue weighted by molar-refractivity contribution is 0.506. The predicted octanol–water partition coefficient (Wildman–Crippen LogP) is 2.18. The molecule has 5 nitrogen and oxygen atoms in total. The number of hydrogen-bond donors (Lipinski definition) is 2. The molecular formula is C13H13F2N3O2S. The SMILES string of the molecule is C[C@H](Nc1ncccc1S(N)(=O)=O)c1ccc(F)c(F)c1. The van der Waals surface area contributed by atoms with Crippen LogP contribution in [-0.4, -0.2) is 13.4 Å². The number of nitrogens with zero attached hydrogens (tertiary/aromatic N) is 1. The van der Waals surface area contributed by atoms with Crippen LogP contribution in [0.3, 0.4) is 0 Å². The van der Waals surface area contributed by atoms with E-state index in [4.69, 9.17) is 5.14 Å². The summed E-state index contributed by atoms with van der Waals surface area (Å²) < 4.78 is 49.0. The van der Waals surface area contributed by atoms with Crippen LogP contribution in [0.15, 0.2) is 41.4 Å². The van der Waals surface area contributed by atoms with Crippen LogP contribution >= 0.6 is 0 Å². The molecule has 0 aliphatic carbocycles. The van der Waals surface area contributed by atoms with Gasteiger partial charge in [0, 0.05) is 6.20 Å². The van der Waals surface area contributed by atoms with Crippen molar-refractivity contribution in [3.63, 3.8) is 0 Å². The number of sulfonamides is 1. The average molecular weight is 313 g/mol. The first kappa shape index (κ1) is 15.3. The van der Waals surface area contributed by atoms with Crippen molar-refractivity contribution in [1.29, 1.82) is 0 Å². The minimum atomic E-state index is -3.94. The zero-order chi connectivity index (χ0) is 15.6. The van der Waals surface area contributed by atoms with E-state index in [9.17, 15) is 17.2 Å². The van der Waals surface area contributed by atoms with E-state index in [2.05, 4.69) is 10.3 Å². The Kier molecular flexibility index (Phi) is 4.19. The molecule has 1 aromatic heterocycles. The van der Waals surface area contributed by atoms with Crippen molar-refractivity contribution < 1.29 is 17.2 Å². The maximum absolute atomic E-state index is 13.2. The van der Waals surface area contributed by atoms with Crippen molar-refractivity contribution in [2.24, 2.45) is 5.14 Å². The third kappa shape index (κ3) is 3.53. The highest BCUT2D eigenvalue weighted by atomic mass is 32.2. The van der Waals surface area contributed by atoms with Gasteiger partial charge in [0.1, 0.15) is 10.7 Å². The van der Waals surface area contributed by atoms with Gasteiger partial charge in [0.15, 0.2) is 11.6 Å². The first-order chi connectivity index (χ1) is 9.79. The maximum Gasteiger partial charge on any atom is 0.241 e. The van der Waals surface area contributed by atoms with Gasteiger partial charge < -0.3 is 5.32 Å². The molecule has 0 bridgehead atoms. The summed E-state index contributed by atoms with van der Waals surface area (Å²) in [6, 6.07) is 5.69. The zero-order valence-electron chi connectivity index (χ0n) is 11.0. The number of primary sulfonamides is 1. The smallest absolute Gasteiger partial charge is 0.241 e. The summed E-state index contributed by atoms with van der Waals surface area (Å²) >= 11 is 0. The van der Waals surface area contributed by atoms with Gasteiger partial charge in [-0.3, -0.25) is 0 Å². The molecule has 21 heavy (non-hydrogen) atoms. The van der Waals surface area contributed by atoms with Crippen LogP contribution in [0.2, 0.25) is 0 Å². The van der Waals surface area contributed by atoms with Gasteiger partial charge in [-0.25, -0.2) is 27.3 Å². The Morgan fingerprint density at radius 3 is 2.57 bits per heavy atom. The van der Waals surface area contributed by atoms with Crippen LogP contribution in [0.25, 0.3) is 0 Å². The second kappa shape index (κ2) is 5.74. The van der Waals surface area contributed by atoms with Crippen LogP contribution < -0.4 is 10.5 Å². The van der Waals surface area contributed by atoms with Gasteiger partial charge in [-0.2, -0.15) is 0 Å². The molecule has 1 atom stereocenters. The second-order valence-corrected chi connectivity index (χ2v) is 5.96. The number of rotatable bonds is 4. The van der Waals surface area contributed by atoms with Crippen molar-refractivity contribution in [2.45, 2.75) is 17.9 Å². The molecule has 0 spiro atoms. The number of anilines is 1. The van der Waals surface area contributed by atoms with E-state index in [1.165, 1.54) is 24.4 Å². The predicted molar refractivity (Wildman–Crippen MR) is 74.0 cm³/mol. The third-order valence-electron chi connectivity index (χ3n) is 2.87. The molecule has 2 rings (SSSR count). The monoisotopic (exact) mass is 313 g/mol. The Hall–Kier alpha value is -2.06. The van der Waals surface area contributed by atoms with E-state index in [1.807, 2.05) is 0 Å². The minimum absolute atomic E-state index is 0.0530. The molecule has 0 fully saturated rings. The van der Waals surface area contributed by atoms with Gasteiger partial charge in [0.2, 0.25) is 10.0 Å². The molecular weight excluding hydrogens is 300 g/mol. The zero-order valence-corrected chi connectivity index (χ0v) is 11.9. The van der Waals surface area contributed by atoms with Crippen LogP contribution in [0.5, 0.6) is 0 Å². The summed E-state index contributed by atoms with van der Waals surface area (Å²) in [6.45, 7) is 1.66. The normalized spacial score (nSPS) is 13.0. The van der Waals surface area contributed by atoms with E-state index >= 15 is 0 Å². The van der Waals surface area contributed by atoms with Crippen molar-refractivity contribution in [3.05, 3.63) is 53.7 Å². The molecule has 0 unspecified atom stereocenters. The van der Waals surface area contributed by atoms with Crippen molar-refractivity contribution >= 4 is 15.8 Å². The van der Waals surface area contributed by atoms with Gasteiger partial charge in [-0.05, 0) is 36.8 Å². The fourth-order valence-electron chi connectivity index (χ4n) is 1.80. The van der Waals surface area contributed by atoms with E-state index in [1.54, 1.807) is 6.92 Å². The van der Waals surface area contributed by atoms with Crippen LogP contribution in [-0.2, 0) is 10.0 Å². The molecule has 1 aromatic carbocycles. The molecule has 0 radical (unpaired) electrons. The highest BCUT2D eigenvalue weighted by molar-refractivity contribution is 7.89. The second-order valence-electron chi connectivity index (χ2n) is 4.43. The van der Waals surface area contributed by atoms with Gasteiger partial charge in [-0.1, -0.05) is 6.07 Å². The van der Waals surface area contributed by atoms with Gasteiger partial charge in [0.25, 0.3) is 0 Å². The minimum Gasteiger partial charge on any atom is -0.362 e. The standard InChI is InChI=1S/C13H13F2N3O2S/c1-8(9-4-5-10(14)11(15)7-9)18-13-12(21(16,19)20)3-2-6-17-13/h2-8H,1H3,(H,17,18)(H2,16,19,20)/t8-/m0/s1. The molecule has 0 saturated heterocycles. The molecule has 0 amide bonds. The Balaban J connectivity index is 2.32. The fraction of sp³-hybridized carbons (Fsp3) is 0.154. The number of hydrogen-bond acceptors (Lipinski definition) is 4. The lowest BCUT2D eigenvalue weighted by Gasteiger charge is -2.16. The van der Waals surface area contributed by atoms with Crippen molar-refractivity contribution in [1.82, 2.24) is 4.98 Å². The highest BCUT2D eigenvalue weighted by Gasteiger charge is 2.17. The largest absolute Gasteiger partial charge is 0.362 e. The summed E-state index contributed by atoms with van der Waals surface area (Å²) in [5.74, 6) is -1.87. The first-order valence-electron chi connectivity index (χ1n) is 5.98. The Morgan fingerprint density at radius 1 is 1.24 bits per heavy atom. The number of benzene rings is 1. The van der Waals surface area contributed by atoms with Crippen molar-refractivity contribution in [2.75, 3.05) is 5.32 Å². The summed E-state index contributed by atoms with van der Waals surface area (Å²) in [6.07, 6.45) is 1.40. The highest BCUT2D eigenvalue weighted by Crippen LogP contribution is 2.23. The summed E-state index contributed by atoms with van der Waals surface area (Å²) in [4.78, 5) is 3.75. The van der Waals surface area contributed by atoms with Gasteiger partial charge >= 0.3 is 0 Å². The summed E-state index contributed by atoms with van der Waals surface area (Å²) in [5.41, 5.74) is 0.444. The Bertz CT molecular complexity index is 766. The average Bonchev–Trinajstić information content (AvgIpc) is 2.41. The number of nitrogens with one attached hydrogen (secondary N) is 1. The van der Waals surface area contributed by atoms with Crippen molar-refractivity contribution in [3.8, 4) is 0 Å². The number of halogens is 2. The molecule has 0 aliphatic rings. The number of nitrogens with two attached hydrogens (primary N) is 1. The van der Waals surface area contributed by atoms with Gasteiger partial charge in [-0.15, -0.1) is 0 Å². The van der Waals surface area contributed by atoms with Crippen LogP contribution in [0.1, 0.15) is 18.5 Å². The maximum atomic E-state index is 13.2. The summed E-state index contributed by atoms with van der Waals surface area (Å²) in [7, 11) is -3.94. The van der Waals surface area contributed by atoms with Crippen LogP contribution in [0.4, 0.5) is 14.6 Å². The Labute approximate surface area is 120 Å². The number of aromatic nitrogens is 1. The topological polar surface area (TPSA) is 85.1 Å². The lowest BCUT2D eigenvalue weighted by atomic mass is 10.1. The van der Waals surface area contributed by atoms with E-state index in [-0.39, 0.29) is 10.7 Å². The first-order valence-corrected chi connectivity index (χ1v) is 7.53. The molecule has 0 saturated carbocycles. The molecule has 2 aromatic rings. The molecule has 1 heterocycles. The molecule has 112 valence electrons.